The number of hydrogen-bond donors (Lipinski definition) is 1. The average molecular weight is 391 g/mol. The first-order valence-electron chi connectivity index (χ1n) is 8.96. The molecule has 0 amide bonds. The Balaban J connectivity index is 1.91. The number of ether oxygens (including phenoxy) is 1. The molecule has 1 N–H and O–H groups in total. The highest BCUT2D eigenvalue weighted by Crippen LogP contribution is 2.13. The summed E-state index contributed by atoms with van der Waals surface area (Å²) in [6, 6.07) is 12.8. The van der Waals surface area contributed by atoms with E-state index in [0.717, 1.165) is 11.4 Å². The SMILES string of the molecule is Cc1cccc(CCCOC(=O)C(NS(=O)(=O)c2ccccc2)C(C)C)n1. The van der Waals surface area contributed by atoms with Crippen LogP contribution in [-0.2, 0) is 26.0 Å². The molecule has 1 aromatic heterocycles. The Morgan fingerprint density at radius 1 is 1.11 bits per heavy atom. The van der Waals surface area contributed by atoms with E-state index in [9.17, 15) is 13.2 Å². The lowest BCUT2D eigenvalue weighted by Gasteiger charge is -2.20. The van der Waals surface area contributed by atoms with Crippen molar-refractivity contribution in [3.63, 3.8) is 0 Å². The van der Waals surface area contributed by atoms with E-state index in [0.29, 0.717) is 12.8 Å². The molecular weight excluding hydrogens is 364 g/mol. The lowest BCUT2D eigenvalue weighted by atomic mass is 10.1. The molecule has 1 unspecified atom stereocenters. The van der Waals surface area contributed by atoms with Crippen LogP contribution < -0.4 is 4.72 Å². The van der Waals surface area contributed by atoms with Gasteiger partial charge in [-0.15, -0.1) is 0 Å². The second kappa shape index (κ2) is 9.62. The van der Waals surface area contributed by atoms with Gasteiger partial charge in [-0.2, -0.15) is 4.72 Å². The third kappa shape index (κ3) is 6.45. The number of pyridine rings is 1. The van der Waals surface area contributed by atoms with Crippen molar-refractivity contribution in [3.05, 3.63) is 59.9 Å². The molecule has 0 aliphatic carbocycles. The van der Waals surface area contributed by atoms with Crippen LogP contribution in [-0.4, -0.2) is 32.0 Å². The topological polar surface area (TPSA) is 85.4 Å². The van der Waals surface area contributed by atoms with Gasteiger partial charge < -0.3 is 4.74 Å². The molecule has 1 heterocycles. The molecule has 0 bridgehead atoms. The molecule has 2 rings (SSSR count). The molecule has 0 saturated heterocycles. The largest absolute Gasteiger partial charge is 0.464 e. The van der Waals surface area contributed by atoms with E-state index in [1.807, 2.05) is 25.1 Å². The lowest BCUT2D eigenvalue weighted by molar-refractivity contribution is -0.146. The van der Waals surface area contributed by atoms with Crippen LogP contribution in [0.5, 0.6) is 0 Å². The molecule has 27 heavy (non-hydrogen) atoms. The molecule has 0 radical (unpaired) electrons. The van der Waals surface area contributed by atoms with Crippen molar-refractivity contribution in [1.82, 2.24) is 9.71 Å². The number of esters is 1. The fourth-order valence-electron chi connectivity index (χ4n) is 2.55. The van der Waals surface area contributed by atoms with Gasteiger partial charge in [0.2, 0.25) is 10.0 Å². The number of hydrogen-bond acceptors (Lipinski definition) is 5. The minimum absolute atomic E-state index is 0.119. The second-order valence-corrected chi connectivity index (χ2v) is 8.41. The van der Waals surface area contributed by atoms with Crippen LogP contribution in [0, 0.1) is 12.8 Å². The first-order chi connectivity index (χ1) is 12.8. The highest BCUT2D eigenvalue weighted by Gasteiger charge is 2.29. The molecule has 6 nitrogen and oxygen atoms in total. The van der Waals surface area contributed by atoms with Crippen molar-refractivity contribution in [3.8, 4) is 0 Å². The molecule has 7 heteroatoms. The zero-order valence-corrected chi connectivity index (χ0v) is 16.7. The van der Waals surface area contributed by atoms with Gasteiger partial charge in [-0.25, -0.2) is 8.42 Å². The van der Waals surface area contributed by atoms with Crippen LogP contribution in [0.3, 0.4) is 0 Å². The minimum Gasteiger partial charge on any atom is -0.464 e. The van der Waals surface area contributed by atoms with E-state index in [1.54, 1.807) is 32.0 Å². The standard InChI is InChI=1S/C20H26N2O4S/c1-15(2)19(22-27(24,25)18-12-5-4-6-13-18)20(23)26-14-8-11-17-10-7-9-16(3)21-17/h4-7,9-10,12-13,15,19,22H,8,11,14H2,1-3H3. The maximum Gasteiger partial charge on any atom is 0.324 e. The molecule has 1 atom stereocenters. The molecule has 146 valence electrons. The summed E-state index contributed by atoms with van der Waals surface area (Å²) in [6.07, 6.45) is 1.31. The Hall–Kier alpha value is -2.25. The number of sulfonamides is 1. The molecule has 0 spiro atoms. The van der Waals surface area contributed by atoms with Gasteiger partial charge in [-0.3, -0.25) is 9.78 Å². The number of carbonyl (C=O) groups excluding carboxylic acids is 1. The smallest absolute Gasteiger partial charge is 0.324 e. The van der Waals surface area contributed by atoms with Crippen LogP contribution in [0.4, 0.5) is 0 Å². The molecule has 0 saturated carbocycles. The Morgan fingerprint density at radius 3 is 2.44 bits per heavy atom. The molecular formula is C20H26N2O4S. The number of nitrogens with zero attached hydrogens (tertiary/aromatic N) is 1. The Bertz CT molecular complexity index is 851. The van der Waals surface area contributed by atoms with Crippen LogP contribution in [0.1, 0.15) is 31.7 Å². The summed E-state index contributed by atoms with van der Waals surface area (Å²) >= 11 is 0. The predicted molar refractivity (Wildman–Crippen MR) is 104 cm³/mol. The van der Waals surface area contributed by atoms with Gasteiger partial charge in [0, 0.05) is 11.4 Å². The molecule has 0 aliphatic heterocycles. The second-order valence-electron chi connectivity index (χ2n) is 6.70. The molecule has 1 aromatic carbocycles. The van der Waals surface area contributed by atoms with E-state index >= 15 is 0 Å². The predicted octanol–water partition coefficient (Wildman–Crippen LogP) is 2.87. The summed E-state index contributed by atoms with van der Waals surface area (Å²) in [6.45, 7) is 5.69. The van der Waals surface area contributed by atoms with E-state index in [2.05, 4.69) is 9.71 Å². The summed E-state index contributed by atoms with van der Waals surface area (Å²) in [4.78, 5) is 16.9. The highest BCUT2D eigenvalue weighted by molar-refractivity contribution is 7.89. The van der Waals surface area contributed by atoms with Gasteiger partial charge in [0.05, 0.1) is 11.5 Å². The third-order valence-electron chi connectivity index (χ3n) is 4.02. The van der Waals surface area contributed by atoms with Gasteiger partial charge >= 0.3 is 5.97 Å². The van der Waals surface area contributed by atoms with Gasteiger partial charge in [0.15, 0.2) is 0 Å². The van der Waals surface area contributed by atoms with Crippen molar-refractivity contribution >= 4 is 16.0 Å². The number of rotatable bonds is 9. The van der Waals surface area contributed by atoms with Crippen LogP contribution in [0.2, 0.25) is 0 Å². The fourth-order valence-corrected chi connectivity index (χ4v) is 3.90. The Morgan fingerprint density at radius 2 is 1.81 bits per heavy atom. The highest BCUT2D eigenvalue weighted by atomic mass is 32.2. The first-order valence-corrected chi connectivity index (χ1v) is 10.4. The maximum absolute atomic E-state index is 12.5. The van der Waals surface area contributed by atoms with E-state index in [-0.39, 0.29) is 17.4 Å². The summed E-state index contributed by atoms with van der Waals surface area (Å²) in [5, 5.41) is 0. The van der Waals surface area contributed by atoms with E-state index < -0.39 is 22.0 Å². The van der Waals surface area contributed by atoms with E-state index in [4.69, 9.17) is 4.74 Å². The molecule has 0 aliphatic rings. The molecule has 0 fully saturated rings. The van der Waals surface area contributed by atoms with Crippen LogP contribution in [0.15, 0.2) is 53.4 Å². The zero-order valence-electron chi connectivity index (χ0n) is 15.9. The van der Waals surface area contributed by atoms with Crippen molar-refractivity contribution in [2.75, 3.05) is 6.61 Å². The summed E-state index contributed by atoms with van der Waals surface area (Å²) in [7, 11) is -3.79. The van der Waals surface area contributed by atoms with E-state index in [1.165, 1.54) is 12.1 Å². The number of aromatic nitrogens is 1. The fraction of sp³-hybridized carbons (Fsp3) is 0.400. The normalized spacial score (nSPS) is 12.7. The minimum atomic E-state index is -3.79. The van der Waals surface area contributed by atoms with Gasteiger partial charge in [0.25, 0.3) is 0 Å². The summed E-state index contributed by atoms with van der Waals surface area (Å²) in [5.41, 5.74) is 1.89. The average Bonchev–Trinajstić information content (AvgIpc) is 2.64. The third-order valence-corrected chi connectivity index (χ3v) is 5.48. The quantitative estimate of drug-likeness (QED) is 0.526. The first kappa shape index (κ1) is 21.1. The Labute approximate surface area is 161 Å². The van der Waals surface area contributed by atoms with Crippen LogP contribution in [0.25, 0.3) is 0 Å². The maximum atomic E-state index is 12.5. The number of aryl methyl sites for hydroxylation is 2. The summed E-state index contributed by atoms with van der Waals surface area (Å²) in [5.74, 6) is -0.809. The van der Waals surface area contributed by atoms with Crippen LogP contribution >= 0.6 is 0 Å². The molecule has 2 aromatic rings. The lowest BCUT2D eigenvalue weighted by Crippen LogP contribution is -2.45. The van der Waals surface area contributed by atoms with Crippen molar-refractivity contribution in [1.29, 1.82) is 0 Å². The number of carbonyl (C=O) groups is 1. The number of benzene rings is 1. The van der Waals surface area contributed by atoms with Crippen molar-refractivity contribution in [2.45, 2.75) is 44.6 Å². The van der Waals surface area contributed by atoms with Gasteiger partial charge in [0.1, 0.15) is 6.04 Å². The number of nitrogens with one attached hydrogen (secondary N) is 1. The van der Waals surface area contributed by atoms with Gasteiger partial charge in [-0.05, 0) is 49.9 Å². The Kier molecular flexibility index (Phi) is 7.50. The van der Waals surface area contributed by atoms with Crippen molar-refractivity contribution < 1.29 is 17.9 Å². The van der Waals surface area contributed by atoms with Crippen molar-refractivity contribution in [2.24, 2.45) is 5.92 Å². The monoisotopic (exact) mass is 390 g/mol. The van der Waals surface area contributed by atoms with Gasteiger partial charge in [-0.1, -0.05) is 38.1 Å². The summed E-state index contributed by atoms with van der Waals surface area (Å²) < 4.78 is 32.7. The zero-order chi connectivity index (χ0) is 19.9.